The Hall–Kier alpha value is -2.52. The fourth-order valence-electron chi connectivity index (χ4n) is 1.38. The summed E-state index contributed by atoms with van der Waals surface area (Å²) in [5.41, 5.74) is 5.86. The van der Waals surface area contributed by atoms with E-state index in [1.807, 2.05) is 0 Å². The molecule has 0 radical (unpaired) electrons. The monoisotopic (exact) mass is 293 g/mol. The highest BCUT2D eigenvalue weighted by Gasteiger charge is 2.10. The lowest BCUT2D eigenvalue weighted by atomic mass is 10.3. The van der Waals surface area contributed by atoms with Gasteiger partial charge in [-0.3, -0.25) is 4.79 Å². The molecule has 0 spiro atoms. The Morgan fingerprint density at radius 2 is 1.75 bits per heavy atom. The molecule has 0 saturated heterocycles. The SMILES string of the molecule is Nc1cnc(C(=O)Nc2ccc(S(N)(=O)=O)cc2)cn1. The summed E-state index contributed by atoms with van der Waals surface area (Å²) in [5.74, 6) is -0.278. The van der Waals surface area contributed by atoms with Gasteiger partial charge in [0, 0.05) is 5.69 Å². The predicted molar refractivity (Wildman–Crippen MR) is 72.2 cm³/mol. The van der Waals surface area contributed by atoms with Crippen LogP contribution in [0.1, 0.15) is 10.5 Å². The minimum atomic E-state index is -3.75. The lowest BCUT2D eigenvalue weighted by Crippen LogP contribution is -2.15. The van der Waals surface area contributed by atoms with Gasteiger partial charge in [0.05, 0.1) is 17.3 Å². The number of carbonyl (C=O) groups excluding carboxylic acids is 1. The molecule has 2 aromatic rings. The molecule has 8 nitrogen and oxygen atoms in total. The summed E-state index contributed by atoms with van der Waals surface area (Å²) in [6, 6.07) is 5.42. The average molecular weight is 293 g/mol. The second-order valence-corrected chi connectivity index (χ2v) is 5.41. The molecule has 0 saturated carbocycles. The van der Waals surface area contributed by atoms with Crippen LogP contribution in [0.5, 0.6) is 0 Å². The number of nitrogen functional groups attached to an aromatic ring is 1. The Morgan fingerprint density at radius 1 is 1.10 bits per heavy atom. The van der Waals surface area contributed by atoms with Gasteiger partial charge < -0.3 is 11.1 Å². The fraction of sp³-hybridized carbons (Fsp3) is 0. The number of nitrogens with one attached hydrogen (secondary N) is 1. The van der Waals surface area contributed by atoms with Crippen LogP contribution in [0.15, 0.2) is 41.6 Å². The third-order valence-electron chi connectivity index (χ3n) is 2.35. The van der Waals surface area contributed by atoms with Gasteiger partial charge in [0.1, 0.15) is 11.5 Å². The van der Waals surface area contributed by atoms with Gasteiger partial charge in [0.2, 0.25) is 10.0 Å². The van der Waals surface area contributed by atoms with E-state index in [9.17, 15) is 13.2 Å². The van der Waals surface area contributed by atoms with E-state index in [1.54, 1.807) is 0 Å². The lowest BCUT2D eigenvalue weighted by molar-refractivity contribution is 0.102. The van der Waals surface area contributed by atoms with E-state index in [0.717, 1.165) is 0 Å². The van der Waals surface area contributed by atoms with Gasteiger partial charge in [-0.2, -0.15) is 0 Å². The summed E-state index contributed by atoms with van der Waals surface area (Å²) in [6.07, 6.45) is 2.50. The first-order chi connectivity index (χ1) is 9.36. The van der Waals surface area contributed by atoms with Gasteiger partial charge in [-0.25, -0.2) is 23.5 Å². The molecule has 0 aliphatic heterocycles. The number of primary sulfonamides is 1. The molecule has 20 heavy (non-hydrogen) atoms. The summed E-state index contributed by atoms with van der Waals surface area (Å²) in [5, 5.41) is 7.51. The molecule has 0 unspecified atom stereocenters. The second-order valence-electron chi connectivity index (χ2n) is 3.85. The standard InChI is InChI=1S/C11H11N5O3S/c12-10-6-14-9(5-15-10)11(17)16-7-1-3-8(4-2-7)20(13,18)19/h1-6H,(H2,12,15)(H,16,17)(H2,13,18,19). The molecule has 1 heterocycles. The van der Waals surface area contributed by atoms with Crippen molar-refractivity contribution in [2.45, 2.75) is 4.90 Å². The quantitative estimate of drug-likeness (QED) is 0.725. The number of benzene rings is 1. The Labute approximate surface area is 114 Å². The van der Waals surface area contributed by atoms with Crippen molar-refractivity contribution in [2.75, 3.05) is 11.1 Å². The maximum Gasteiger partial charge on any atom is 0.275 e. The number of sulfonamides is 1. The number of amides is 1. The van der Waals surface area contributed by atoms with E-state index in [1.165, 1.54) is 36.7 Å². The normalized spacial score (nSPS) is 11.1. The molecule has 0 aliphatic rings. The summed E-state index contributed by atoms with van der Waals surface area (Å²) >= 11 is 0. The van der Waals surface area contributed by atoms with E-state index in [4.69, 9.17) is 10.9 Å². The fourth-order valence-corrected chi connectivity index (χ4v) is 1.89. The summed E-state index contributed by atoms with van der Waals surface area (Å²) in [4.78, 5) is 19.3. The third-order valence-corrected chi connectivity index (χ3v) is 3.27. The first-order valence-corrected chi connectivity index (χ1v) is 6.92. The Kier molecular flexibility index (Phi) is 3.63. The third kappa shape index (κ3) is 3.28. The van der Waals surface area contributed by atoms with E-state index in [0.29, 0.717) is 5.69 Å². The summed E-state index contributed by atoms with van der Waals surface area (Å²) < 4.78 is 22.2. The summed E-state index contributed by atoms with van der Waals surface area (Å²) in [6.45, 7) is 0. The smallest absolute Gasteiger partial charge is 0.275 e. The van der Waals surface area contributed by atoms with Crippen LogP contribution in [-0.2, 0) is 10.0 Å². The van der Waals surface area contributed by atoms with Crippen molar-refractivity contribution in [1.82, 2.24) is 9.97 Å². The van der Waals surface area contributed by atoms with Gasteiger partial charge in [-0.05, 0) is 24.3 Å². The molecule has 0 fully saturated rings. The zero-order valence-electron chi connectivity index (χ0n) is 10.1. The minimum absolute atomic E-state index is 0.0391. The highest BCUT2D eigenvalue weighted by molar-refractivity contribution is 7.89. The minimum Gasteiger partial charge on any atom is -0.382 e. The molecule has 104 valence electrons. The van der Waals surface area contributed by atoms with Gasteiger partial charge in [-0.15, -0.1) is 0 Å². The molecular weight excluding hydrogens is 282 g/mol. The van der Waals surface area contributed by atoms with Crippen LogP contribution >= 0.6 is 0 Å². The van der Waals surface area contributed by atoms with Crippen molar-refractivity contribution in [3.63, 3.8) is 0 Å². The average Bonchev–Trinajstić information content (AvgIpc) is 2.39. The van der Waals surface area contributed by atoms with Crippen LogP contribution in [0, 0.1) is 0 Å². The zero-order valence-corrected chi connectivity index (χ0v) is 11.0. The van der Waals surface area contributed by atoms with Crippen LogP contribution in [0.2, 0.25) is 0 Å². The number of aromatic nitrogens is 2. The van der Waals surface area contributed by atoms with Crippen molar-refractivity contribution in [1.29, 1.82) is 0 Å². The zero-order chi connectivity index (χ0) is 14.8. The van der Waals surface area contributed by atoms with E-state index in [2.05, 4.69) is 15.3 Å². The molecule has 2 rings (SSSR count). The van der Waals surface area contributed by atoms with Crippen LogP contribution in [-0.4, -0.2) is 24.3 Å². The van der Waals surface area contributed by atoms with Crippen molar-refractivity contribution in [3.8, 4) is 0 Å². The van der Waals surface area contributed by atoms with Gasteiger partial charge in [-0.1, -0.05) is 0 Å². The molecule has 0 aliphatic carbocycles. The van der Waals surface area contributed by atoms with Gasteiger partial charge in [0.25, 0.3) is 5.91 Å². The largest absolute Gasteiger partial charge is 0.382 e. The number of rotatable bonds is 3. The Bertz CT molecular complexity index is 726. The van der Waals surface area contributed by atoms with Crippen LogP contribution in [0.3, 0.4) is 0 Å². The number of carbonyl (C=O) groups is 1. The van der Waals surface area contributed by atoms with Gasteiger partial charge >= 0.3 is 0 Å². The number of nitrogens with zero attached hydrogens (tertiary/aromatic N) is 2. The number of hydrogen-bond donors (Lipinski definition) is 3. The maximum absolute atomic E-state index is 11.8. The first-order valence-electron chi connectivity index (χ1n) is 5.38. The van der Waals surface area contributed by atoms with Gasteiger partial charge in [0.15, 0.2) is 0 Å². The number of hydrogen-bond acceptors (Lipinski definition) is 6. The predicted octanol–water partition coefficient (Wildman–Crippen LogP) is -0.0415. The van der Waals surface area contributed by atoms with E-state index < -0.39 is 15.9 Å². The molecule has 0 bridgehead atoms. The highest BCUT2D eigenvalue weighted by atomic mass is 32.2. The Morgan fingerprint density at radius 3 is 2.25 bits per heavy atom. The maximum atomic E-state index is 11.8. The van der Waals surface area contributed by atoms with E-state index in [-0.39, 0.29) is 16.4 Å². The molecule has 5 N–H and O–H groups in total. The van der Waals surface area contributed by atoms with Crippen molar-refractivity contribution >= 4 is 27.4 Å². The first kappa shape index (κ1) is 13.9. The molecular formula is C11H11N5O3S. The van der Waals surface area contributed by atoms with Crippen molar-refractivity contribution in [3.05, 3.63) is 42.4 Å². The van der Waals surface area contributed by atoms with Crippen molar-refractivity contribution in [2.24, 2.45) is 5.14 Å². The Balaban J connectivity index is 2.14. The molecule has 1 aromatic heterocycles. The topological polar surface area (TPSA) is 141 Å². The lowest BCUT2D eigenvalue weighted by Gasteiger charge is -2.05. The van der Waals surface area contributed by atoms with Crippen LogP contribution in [0.4, 0.5) is 11.5 Å². The van der Waals surface area contributed by atoms with E-state index >= 15 is 0 Å². The molecule has 9 heteroatoms. The molecule has 1 amide bonds. The molecule has 1 aromatic carbocycles. The number of nitrogens with two attached hydrogens (primary N) is 2. The molecule has 0 atom stereocenters. The summed E-state index contributed by atoms with van der Waals surface area (Å²) in [7, 11) is -3.75. The number of anilines is 2. The van der Waals surface area contributed by atoms with Crippen LogP contribution < -0.4 is 16.2 Å². The van der Waals surface area contributed by atoms with Crippen molar-refractivity contribution < 1.29 is 13.2 Å². The highest BCUT2D eigenvalue weighted by Crippen LogP contribution is 2.13. The second kappa shape index (κ2) is 5.23. The van der Waals surface area contributed by atoms with Crippen LogP contribution in [0.25, 0.3) is 0 Å².